The van der Waals surface area contributed by atoms with Gasteiger partial charge in [0.25, 0.3) is 5.91 Å². The summed E-state index contributed by atoms with van der Waals surface area (Å²) in [4.78, 5) is 24.0. The van der Waals surface area contributed by atoms with E-state index in [9.17, 15) is 9.59 Å². The Bertz CT molecular complexity index is 765. The van der Waals surface area contributed by atoms with Crippen LogP contribution in [0, 0.1) is 13.8 Å². The van der Waals surface area contributed by atoms with Crippen LogP contribution in [0.5, 0.6) is 11.5 Å². The van der Waals surface area contributed by atoms with Gasteiger partial charge in [0.05, 0.1) is 7.11 Å². The number of hydrogen-bond acceptors (Lipinski definition) is 5. The van der Waals surface area contributed by atoms with Crippen LogP contribution in [0.25, 0.3) is 0 Å². The number of aryl methyl sites for hydroxylation is 2. The van der Waals surface area contributed by atoms with E-state index in [1.54, 1.807) is 7.11 Å². The van der Waals surface area contributed by atoms with E-state index in [4.69, 9.17) is 14.2 Å². The average Bonchev–Trinajstić information content (AvgIpc) is 2.64. The van der Waals surface area contributed by atoms with Crippen molar-refractivity contribution in [3.05, 3.63) is 59.2 Å². The molecule has 6 heteroatoms. The largest absolute Gasteiger partial charge is 0.497 e. The normalized spacial score (nSPS) is 11.4. The number of ether oxygens (including phenoxy) is 3. The third-order valence-corrected chi connectivity index (χ3v) is 3.86. The lowest BCUT2D eigenvalue weighted by Gasteiger charge is -2.14. The van der Waals surface area contributed by atoms with Crippen LogP contribution in [0.1, 0.15) is 23.6 Å². The fourth-order valence-electron chi connectivity index (χ4n) is 2.52. The Morgan fingerprint density at radius 3 is 2.22 bits per heavy atom. The van der Waals surface area contributed by atoms with Crippen molar-refractivity contribution in [2.75, 3.05) is 13.7 Å². The molecule has 1 atom stereocenters. The van der Waals surface area contributed by atoms with E-state index in [1.165, 1.54) is 6.92 Å². The lowest BCUT2D eigenvalue weighted by Crippen LogP contribution is -2.36. The number of methoxy groups -OCH3 is 1. The van der Waals surface area contributed by atoms with Crippen molar-refractivity contribution in [2.45, 2.75) is 33.4 Å². The van der Waals surface area contributed by atoms with E-state index in [0.29, 0.717) is 12.3 Å². The molecule has 0 aromatic heterocycles. The zero-order chi connectivity index (χ0) is 19.8. The summed E-state index contributed by atoms with van der Waals surface area (Å²) in [5.41, 5.74) is 3.01. The van der Waals surface area contributed by atoms with Gasteiger partial charge in [-0.05, 0) is 61.7 Å². The number of rotatable bonds is 8. The van der Waals surface area contributed by atoms with E-state index in [-0.39, 0.29) is 12.5 Å². The first-order valence-electron chi connectivity index (χ1n) is 8.68. The molecule has 1 amide bonds. The maximum Gasteiger partial charge on any atom is 0.344 e. The number of amides is 1. The molecular formula is C21H25NO5. The molecule has 0 bridgehead atoms. The Labute approximate surface area is 159 Å². The summed E-state index contributed by atoms with van der Waals surface area (Å²) in [6.45, 7) is 5.52. The molecule has 0 aliphatic rings. The highest BCUT2D eigenvalue weighted by molar-refractivity contribution is 5.83. The van der Waals surface area contributed by atoms with E-state index in [0.717, 1.165) is 22.4 Å². The van der Waals surface area contributed by atoms with Gasteiger partial charge < -0.3 is 19.5 Å². The molecule has 27 heavy (non-hydrogen) atoms. The predicted molar refractivity (Wildman–Crippen MR) is 102 cm³/mol. The molecule has 2 aromatic rings. The smallest absolute Gasteiger partial charge is 0.344 e. The summed E-state index contributed by atoms with van der Waals surface area (Å²) in [6, 6.07) is 13.0. The lowest BCUT2D eigenvalue weighted by atomic mass is 10.1. The summed E-state index contributed by atoms with van der Waals surface area (Å²) in [5.74, 6) is 0.379. The minimum Gasteiger partial charge on any atom is -0.497 e. The van der Waals surface area contributed by atoms with Crippen LogP contribution < -0.4 is 14.8 Å². The van der Waals surface area contributed by atoms with Crippen molar-refractivity contribution in [2.24, 2.45) is 0 Å². The first-order chi connectivity index (χ1) is 12.9. The van der Waals surface area contributed by atoms with Crippen molar-refractivity contribution in [3.8, 4) is 11.5 Å². The standard InChI is InChI=1S/C21H25NO5/c1-14-9-15(2)11-19(10-14)26-13-20(23)27-16(3)21(24)22-12-17-5-7-18(25-4)8-6-17/h5-11,16H,12-13H2,1-4H3,(H,22,24)/t16-/m1/s1. The lowest BCUT2D eigenvalue weighted by molar-refractivity contribution is -0.156. The topological polar surface area (TPSA) is 73.9 Å². The van der Waals surface area contributed by atoms with Crippen LogP contribution in [0.2, 0.25) is 0 Å². The van der Waals surface area contributed by atoms with Crippen LogP contribution in [0.3, 0.4) is 0 Å². The molecule has 0 saturated carbocycles. The third-order valence-electron chi connectivity index (χ3n) is 3.86. The van der Waals surface area contributed by atoms with E-state index >= 15 is 0 Å². The molecule has 0 aliphatic carbocycles. The Hall–Kier alpha value is -3.02. The highest BCUT2D eigenvalue weighted by atomic mass is 16.6. The first kappa shape index (κ1) is 20.3. The molecule has 6 nitrogen and oxygen atoms in total. The van der Waals surface area contributed by atoms with Crippen molar-refractivity contribution in [3.63, 3.8) is 0 Å². The van der Waals surface area contributed by atoms with Crippen molar-refractivity contribution >= 4 is 11.9 Å². The number of carbonyl (C=O) groups is 2. The second-order valence-corrected chi connectivity index (χ2v) is 6.31. The molecule has 1 N–H and O–H groups in total. The minimum atomic E-state index is -0.904. The number of hydrogen-bond donors (Lipinski definition) is 1. The van der Waals surface area contributed by atoms with Gasteiger partial charge in [0, 0.05) is 6.54 Å². The fraction of sp³-hybridized carbons (Fsp3) is 0.333. The monoisotopic (exact) mass is 371 g/mol. The van der Waals surface area contributed by atoms with E-state index < -0.39 is 12.1 Å². The molecule has 0 fully saturated rings. The Balaban J connectivity index is 1.76. The molecule has 0 aliphatic heterocycles. The van der Waals surface area contributed by atoms with Gasteiger partial charge in [0.2, 0.25) is 0 Å². The van der Waals surface area contributed by atoms with Crippen LogP contribution in [-0.4, -0.2) is 31.7 Å². The van der Waals surface area contributed by atoms with Gasteiger partial charge in [-0.1, -0.05) is 18.2 Å². The summed E-state index contributed by atoms with van der Waals surface area (Å²) >= 11 is 0. The van der Waals surface area contributed by atoms with Gasteiger partial charge >= 0.3 is 5.97 Å². The maximum absolute atomic E-state index is 12.1. The van der Waals surface area contributed by atoms with Gasteiger partial charge in [-0.15, -0.1) is 0 Å². The van der Waals surface area contributed by atoms with E-state index in [1.807, 2.05) is 56.3 Å². The number of benzene rings is 2. The van der Waals surface area contributed by atoms with E-state index in [2.05, 4.69) is 5.32 Å². The SMILES string of the molecule is COc1ccc(CNC(=O)[C@@H](C)OC(=O)COc2cc(C)cc(C)c2)cc1. The van der Waals surface area contributed by atoms with Gasteiger partial charge in [0.15, 0.2) is 12.7 Å². The van der Waals surface area contributed by atoms with Gasteiger partial charge in [0.1, 0.15) is 11.5 Å². The van der Waals surface area contributed by atoms with Crippen molar-refractivity contribution in [1.82, 2.24) is 5.32 Å². The Kier molecular flexibility index (Phi) is 7.23. The molecule has 0 saturated heterocycles. The summed E-state index contributed by atoms with van der Waals surface area (Å²) in [6.07, 6.45) is -0.904. The van der Waals surface area contributed by atoms with Crippen molar-refractivity contribution in [1.29, 1.82) is 0 Å². The highest BCUT2D eigenvalue weighted by Gasteiger charge is 2.18. The highest BCUT2D eigenvalue weighted by Crippen LogP contribution is 2.16. The van der Waals surface area contributed by atoms with Crippen LogP contribution >= 0.6 is 0 Å². The van der Waals surface area contributed by atoms with Gasteiger partial charge in [-0.3, -0.25) is 4.79 Å². The zero-order valence-corrected chi connectivity index (χ0v) is 16.1. The Morgan fingerprint density at radius 2 is 1.63 bits per heavy atom. The third kappa shape index (κ3) is 6.66. The average molecular weight is 371 g/mol. The number of esters is 1. The quantitative estimate of drug-likeness (QED) is 0.722. The molecule has 0 unspecified atom stereocenters. The Morgan fingerprint density at radius 1 is 1.00 bits per heavy atom. The maximum atomic E-state index is 12.1. The molecule has 0 radical (unpaired) electrons. The van der Waals surface area contributed by atoms with Crippen molar-refractivity contribution < 1.29 is 23.8 Å². The van der Waals surface area contributed by atoms with Crippen LogP contribution in [-0.2, 0) is 20.9 Å². The number of nitrogens with one attached hydrogen (secondary N) is 1. The predicted octanol–water partition coefficient (Wildman–Crippen LogP) is 2.94. The molecule has 2 aromatic carbocycles. The molecule has 2 rings (SSSR count). The number of carbonyl (C=O) groups excluding carboxylic acids is 2. The molecule has 144 valence electrons. The zero-order valence-electron chi connectivity index (χ0n) is 16.1. The van der Waals surface area contributed by atoms with Gasteiger partial charge in [-0.25, -0.2) is 4.79 Å². The second kappa shape index (κ2) is 9.62. The fourth-order valence-corrected chi connectivity index (χ4v) is 2.52. The summed E-state index contributed by atoms with van der Waals surface area (Å²) in [5, 5.41) is 2.73. The minimum absolute atomic E-state index is 0.251. The summed E-state index contributed by atoms with van der Waals surface area (Å²) in [7, 11) is 1.59. The first-order valence-corrected chi connectivity index (χ1v) is 8.68. The molecule has 0 heterocycles. The molecular weight excluding hydrogens is 346 g/mol. The van der Waals surface area contributed by atoms with Crippen LogP contribution in [0.15, 0.2) is 42.5 Å². The van der Waals surface area contributed by atoms with Gasteiger partial charge in [-0.2, -0.15) is 0 Å². The summed E-state index contributed by atoms with van der Waals surface area (Å²) < 4.78 is 15.7. The molecule has 0 spiro atoms. The second-order valence-electron chi connectivity index (χ2n) is 6.31. The van der Waals surface area contributed by atoms with Crippen LogP contribution in [0.4, 0.5) is 0 Å².